The first-order chi connectivity index (χ1) is 15.5. The van der Waals surface area contributed by atoms with Gasteiger partial charge in [-0.2, -0.15) is 0 Å². The maximum absolute atomic E-state index is 11.8. The van der Waals surface area contributed by atoms with Crippen LogP contribution in [0.15, 0.2) is 76.1 Å². The zero-order valence-corrected chi connectivity index (χ0v) is 19.6. The lowest BCUT2D eigenvalue weighted by atomic mass is 9.94. The molecule has 0 amide bonds. The van der Waals surface area contributed by atoms with E-state index in [1.807, 2.05) is 68.4 Å². The zero-order chi connectivity index (χ0) is 22.7. The number of rotatable bonds is 5. The molecule has 32 heavy (non-hydrogen) atoms. The zero-order valence-electron chi connectivity index (χ0n) is 18.0. The fourth-order valence-electron chi connectivity index (χ4n) is 3.66. The van der Waals surface area contributed by atoms with Crippen LogP contribution in [0.4, 0.5) is 5.69 Å². The minimum atomic E-state index is -0.0324. The maximum atomic E-state index is 11.8. The van der Waals surface area contributed by atoms with Crippen molar-refractivity contribution in [1.29, 1.82) is 0 Å². The number of ketones is 1. The first-order valence-electron chi connectivity index (χ1n) is 10.5. The van der Waals surface area contributed by atoms with Gasteiger partial charge in [0.05, 0.1) is 5.36 Å². The van der Waals surface area contributed by atoms with Crippen LogP contribution in [-0.4, -0.2) is 15.9 Å². The van der Waals surface area contributed by atoms with Crippen LogP contribution in [0.5, 0.6) is 0 Å². The van der Waals surface area contributed by atoms with Crippen LogP contribution in [-0.2, 0) is 4.79 Å². The highest BCUT2D eigenvalue weighted by atomic mass is 32.2. The fraction of sp³-hybridized carbons (Fsp3) is 0.192. The van der Waals surface area contributed by atoms with Crippen LogP contribution in [0, 0.1) is 5.92 Å². The predicted octanol–water partition coefficient (Wildman–Crippen LogP) is 6.32. The van der Waals surface area contributed by atoms with Crippen LogP contribution in [0.25, 0.3) is 33.4 Å². The molecule has 0 saturated heterocycles. The van der Waals surface area contributed by atoms with E-state index in [2.05, 4.69) is 17.1 Å². The van der Waals surface area contributed by atoms with Crippen molar-refractivity contribution in [2.75, 3.05) is 11.5 Å². The van der Waals surface area contributed by atoms with E-state index in [1.54, 1.807) is 0 Å². The Balaban J connectivity index is 1.77. The van der Waals surface area contributed by atoms with Crippen molar-refractivity contribution in [2.24, 2.45) is 10.9 Å². The second-order valence-electron chi connectivity index (χ2n) is 7.69. The highest BCUT2D eigenvalue weighted by Gasteiger charge is 2.17. The summed E-state index contributed by atoms with van der Waals surface area (Å²) in [6.45, 7) is 3.81. The molecule has 2 aromatic rings. The lowest BCUT2D eigenvalue weighted by Gasteiger charge is -2.15. The number of benzene rings is 3. The Kier molecular flexibility index (Phi) is 6.72. The molecule has 1 atom stereocenters. The Morgan fingerprint density at radius 2 is 1.91 bits per heavy atom. The number of carbonyl (C=O) groups is 1. The summed E-state index contributed by atoms with van der Waals surface area (Å²) in [4.78, 5) is 16.4. The lowest BCUT2D eigenvalue weighted by molar-refractivity contribution is -0.121. The van der Waals surface area contributed by atoms with E-state index >= 15 is 0 Å². The second kappa shape index (κ2) is 9.67. The van der Waals surface area contributed by atoms with Gasteiger partial charge in [-0.15, -0.1) is 0 Å². The number of nitrogens with two attached hydrogens (primary N) is 1. The number of fused-ring (bicyclic) bond motifs is 2. The molecule has 1 unspecified atom stereocenters. The SMILES string of the molecule is CCC(=O)C(C)CSC(=S)N=c1ccc2c(-c3ccccc3)c3ccc(N)cc3oc-2c1. The van der Waals surface area contributed by atoms with Crippen molar-refractivity contribution in [3.63, 3.8) is 0 Å². The number of Topliss-reactive ketones (excluding diaryl/α,β-unsaturated/α-hetero) is 1. The number of anilines is 1. The average Bonchev–Trinajstić information content (AvgIpc) is 2.80. The molecule has 0 fully saturated rings. The molecule has 1 heterocycles. The highest BCUT2D eigenvalue weighted by molar-refractivity contribution is 8.23. The topological polar surface area (TPSA) is 68.6 Å². The van der Waals surface area contributed by atoms with Crippen LogP contribution in [0.1, 0.15) is 20.3 Å². The van der Waals surface area contributed by atoms with Gasteiger partial charge in [-0.3, -0.25) is 4.79 Å². The molecule has 1 aliphatic carbocycles. The summed E-state index contributed by atoms with van der Waals surface area (Å²) in [5.41, 5.74) is 10.6. The predicted molar refractivity (Wildman–Crippen MR) is 138 cm³/mol. The smallest absolute Gasteiger partial charge is 0.160 e. The van der Waals surface area contributed by atoms with Gasteiger partial charge in [-0.1, -0.05) is 68.2 Å². The second-order valence-corrected chi connectivity index (χ2v) is 9.34. The number of thioether (sulfide) groups is 1. The Bertz CT molecular complexity index is 1330. The van der Waals surface area contributed by atoms with Gasteiger partial charge in [-0.25, -0.2) is 4.99 Å². The largest absolute Gasteiger partial charge is 0.456 e. The Hall–Kier alpha value is -2.96. The fourth-order valence-corrected chi connectivity index (χ4v) is 4.71. The standard InChI is InChI=1S/C26H24N2O2S2/c1-3-22(29)16(2)15-32-26(31)28-19-10-12-21-24(14-19)30-23-13-18(27)9-11-20(23)25(21)17-7-5-4-6-8-17/h4-14,16H,3,15,27H2,1-2H3. The van der Waals surface area contributed by atoms with Crippen molar-refractivity contribution in [1.82, 2.24) is 0 Å². The van der Waals surface area contributed by atoms with E-state index < -0.39 is 0 Å². The summed E-state index contributed by atoms with van der Waals surface area (Å²) in [7, 11) is 0. The minimum absolute atomic E-state index is 0.0324. The monoisotopic (exact) mass is 460 g/mol. The number of carbonyl (C=O) groups excluding carboxylic acids is 1. The quantitative estimate of drug-likeness (QED) is 0.214. The Morgan fingerprint density at radius 3 is 2.66 bits per heavy atom. The van der Waals surface area contributed by atoms with Gasteiger partial charge >= 0.3 is 0 Å². The molecule has 1 aliphatic heterocycles. The van der Waals surface area contributed by atoms with Crippen molar-refractivity contribution in [3.8, 4) is 22.5 Å². The van der Waals surface area contributed by atoms with E-state index in [0.717, 1.165) is 33.0 Å². The van der Waals surface area contributed by atoms with Crippen LogP contribution >= 0.6 is 24.0 Å². The van der Waals surface area contributed by atoms with Gasteiger partial charge < -0.3 is 10.2 Å². The molecule has 2 aliphatic rings. The molecule has 2 aromatic carbocycles. The van der Waals surface area contributed by atoms with Crippen molar-refractivity contribution < 1.29 is 9.21 Å². The molecule has 4 rings (SSSR count). The Labute approximate surface area is 196 Å². The third-order valence-electron chi connectivity index (χ3n) is 5.37. The van der Waals surface area contributed by atoms with Gasteiger partial charge in [0.2, 0.25) is 0 Å². The molecular formula is C26H24N2O2S2. The number of nitrogens with zero attached hydrogens (tertiary/aromatic N) is 1. The lowest BCUT2D eigenvalue weighted by Crippen LogP contribution is -2.13. The van der Waals surface area contributed by atoms with Crippen LogP contribution < -0.4 is 11.1 Å². The van der Waals surface area contributed by atoms with Gasteiger partial charge in [0.1, 0.15) is 17.1 Å². The van der Waals surface area contributed by atoms with Crippen molar-refractivity contribution in [3.05, 3.63) is 72.1 Å². The molecule has 6 heteroatoms. The summed E-state index contributed by atoms with van der Waals surface area (Å²) in [5.74, 6) is 1.56. The minimum Gasteiger partial charge on any atom is -0.456 e. The first-order valence-corrected chi connectivity index (χ1v) is 11.9. The van der Waals surface area contributed by atoms with Crippen molar-refractivity contribution >= 4 is 50.7 Å². The third-order valence-corrected chi connectivity index (χ3v) is 6.82. The molecule has 0 spiro atoms. The average molecular weight is 461 g/mol. The number of thiocarbonyl (C=S) groups is 1. The van der Waals surface area contributed by atoms with Crippen LogP contribution in [0.3, 0.4) is 0 Å². The van der Waals surface area contributed by atoms with E-state index in [1.165, 1.54) is 11.8 Å². The molecular weight excluding hydrogens is 436 g/mol. The summed E-state index contributed by atoms with van der Waals surface area (Å²) < 4.78 is 6.73. The molecule has 2 N–H and O–H groups in total. The normalized spacial score (nSPS) is 12.9. The molecule has 0 bridgehead atoms. The summed E-state index contributed by atoms with van der Waals surface area (Å²) in [6.07, 6.45) is 0.542. The summed E-state index contributed by atoms with van der Waals surface area (Å²) in [6, 6.07) is 21.8. The Morgan fingerprint density at radius 1 is 1.12 bits per heavy atom. The molecule has 4 nitrogen and oxygen atoms in total. The van der Waals surface area contributed by atoms with Gasteiger partial charge in [-0.05, 0) is 29.8 Å². The maximum Gasteiger partial charge on any atom is 0.160 e. The van der Waals surface area contributed by atoms with E-state index in [4.69, 9.17) is 22.4 Å². The molecule has 0 saturated carbocycles. The first kappa shape index (κ1) is 22.2. The summed E-state index contributed by atoms with van der Waals surface area (Å²) in [5, 5.41) is 1.72. The van der Waals surface area contributed by atoms with E-state index in [-0.39, 0.29) is 11.7 Å². The molecule has 0 aromatic heterocycles. The van der Waals surface area contributed by atoms with E-state index in [0.29, 0.717) is 27.9 Å². The summed E-state index contributed by atoms with van der Waals surface area (Å²) >= 11 is 6.86. The van der Waals surface area contributed by atoms with Gasteiger partial charge in [0.25, 0.3) is 0 Å². The third kappa shape index (κ3) is 4.76. The van der Waals surface area contributed by atoms with Crippen molar-refractivity contribution in [2.45, 2.75) is 20.3 Å². The number of hydrogen-bond donors (Lipinski definition) is 1. The van der Waals surface area contributed by atoms with Gasteiger partial charge in [0.15, 0.2) is 4.32 Å². The van der Waals surface area contributed by atoms with E-state index in [9.17, 15) is 4.79 Å². The molecule has 0 radical (unpaired) electrons. The van der Waals surface area contributed by atoms with Gasteiger partial charge in [0, 0.05) is 52.4 Å². The molecule has 162 valence electrons. The number of nitrogen functional groups attached to an aromatic ring is 1. The van der Waals surface area contributed by atoms with Crippen LogP contribution in [0.2, 0.25) is 0 Å². The number of hydrogen-bond acceptors (Lipinski definition) is 5. The highest BCUT2D eigenvalue weighted by Crippen LogP contribution is 2.40.